The monoisotopic (exact) mass is 323 g/mol. The Hall–Kier alpha value is -1.71. The zero-order chi connectivity index (χ0) is 15.4. The zero-order valence-corrected chi connectivity index (χ0v) is 13.3. The average Bonchev–Trinajstić information content (AvgIpc) is 2.49. The molecule has 3 nitrogen and oxygen atoms in total. The van der Waals surface area contributed by atoms with Gasteiger partial charge < -0.3 is 10.1 Å². The molecule has 0 amide bonds. The van der Waals surface area contributed by atoms with E-state index in [1.165, 1.54) is 7.11 Å². The Bertz CT molecular complexity index is 671. The molecule has 0 atom stereocenters. The van der Waals surface area contributed by atoms with Crippen LogP contribution in [0.2, 0.25) is 10.0 Å². The number of ether oxygens (including phenoxy) is 1. The van der Waals surface area contributed by atoms with Crippen LogP contribution in [0.25, 0.3) is 0 Å². The second-order valence-corrected chi connectivity index (χ2v) is 5.37. The van der Waals surface area contributed by atoms with E-state index >= 15 is 0 Å². The summed E-state index contributed by atoms with van der Waals surface area (Å²) in [6.07, 6.45) is 0. The second-order valence-electron chi connectivity index (χ2n) is 4.59. The van der Waals surface area contributed by atoms with E-state index in [1.807, 2.05) is 25.1 Å². The molecule has 5 heteroatoms. The van der Waals surface area contributed by atoms with E-state index in [0.29, 0.717) is 22.2 Å². The second kappa shape index (κ2) is 6.83. The summed E-state index contributed by atoms with van der Waals surface area (Å²) in [7, 11) is 1.36. The Morgan fingerprint density at radius 1 is 1.24 bits per heavy atom. The number of nitrogens with one attached hydrogen (secondary N) is 1. The van der Waals surface area contributed by atoms with Crippen LogP contribution in [-0.4, -0.2) is 13.1 Å². The predicted octanol–water partition coefficient (Wildman–Crippen LogP) is 4.70. The molecule has 21 heavy (non-hydrogen) atoms. The number of methoxy groups -OCH3 is 1. The zero-order valence-electron chi connectivity index (χ0n) is 11.7. The molecule has 110 valence electrons. The molecular formula is C16H15Cl2NO2. The molecule has 0 bridgehead atoms. The van der Waals surface area contributed by atoms with Gasteiger partial charge in [-0.05, 0) is 36.2 Å². The van der Waals surface area contributed by atoms with Crippen LogP contribution in [0.15, 0.2) is 36.4 Å². The largest absolute Gasteiger partial charge is 0.465 e. The summed E-state index contributed by atoms with van der Waals surface area (Å²) < 4.78 is 4.72. The molecule has 0 saturated heterocycles. The molecule has 0 aliphatic rings. The van der Waals surface area contributed by atoms with Gasteiger partial charge in [0.1, 0.15) is 0 Å². The van der Waals surface area contributed by atoms with Gasteiger partial charge in [-0.1, -0.05) is 41.4 Å². The highest BCUT2D eigenvalue weighted by Crippen LogP contribution is 2.26. The first-order valence-corrected chi connectivity index (χ1v) is 7.14. The lowest BCUT2D eigenvalue weighted by molar-refractivity contribution is 0.0601. The van der Waals surface area contributed by atoms with Crippen LogP contribution in [0.5, 0.6) is 0 Å². The van der Waals surface area contributed by atoms with Gasteiger partial charge in [0.05, 0.1) is 22.7 Å². The highest BCUT2D eigenvalue weighted by atomic mass is 35.5. The maximum atomic E-state index is 11.6. The molecule has 0 heterocycles. The quantitative estimate of drug-likeness (QED) is 0.829. The molecule has 1 N–H and O–H groups in total. The number of hydrogen-bond donors (Lipinski definition) is 1. The normalized spacial score (nSPS) is 10.3. The molecule has 0 saturated carbocycles. The first kappa shape index (κ1) is 15.7. The lowest BCUT2D eigenvalue weighted by atomic mass is 10.1. The van der Waals surface area contributed by atoms with Gasteiger partial charge in [-0.3, -0.25) is 0 Å². The van der Waals surface area contributed by atoms with Crippen LogP contribution in [0.3, 0.4) is 0 Å². The minimum Gasteiger partial charge on any atom is -0.465 e. The van der Waals surface area contributed by atoms with E-state index < -0.39 is 0 Å². The Kier molecular flexibility index (Phi) is 5.10. The minimum absolute atomic E-state index is 0.362. The van der Waals surface area contributed by atoms with Gasteiger partial charge in [0.15, 0.2) is 0 Å². The third-order valence-electron chi connectivity index (χ3n) is 3.16. The van der Waals surface area contributed by atoms with Crippen molar-refractivity contribution < 1.29 is 9.53 Å². The number of rotatable bonds is 4. The molecule has 0 aliphatic carbocycles. The standard InChI is InChI=1S/C16H15Cl2NO2/c1-10-6-7-11(16(20)21-2)8-14(10)19-9-12-4-3-5-13(17)15(12)18/h3-8,19H,9H2,1-2H3. The Morgan fingerprint density at radius 3 is 2.71 bits per heavy atom. The van der Waals surface area contributed by atoms with E-state index in [4.69, 9.17) is 27.9 Å². The van der Waals surface area contributed by atoms with Gasteiger partial charge in [0.25, 0.3) is 0 Å². The fraction of sp³-hybridized carbons (Fsp3) is 0.188. The summed E-state index contributed by atoms with van der Waals surface area (Å²) >= 11 is 12.1. The molecule has 0 unspecified atom stereocenters. The van der Waals surface area contributed by atoms with Crippen molar-refractivity contribution in [3.8, 4) is 0 Å². The minimum atomic E-state index is -0.362. The highest BCUT2D eigenvalue weighted by molar-refractivity contribution is 6.42. The Morgan fingerprint density at radius 2 is 2.00 bits per heavy atom. The third kappa shape index (κ3) is 3.69. The first-order chi connectivity index (χ1) is 10.0. The van der Waals surface area contributed by atoms with E-state index in [1.54, 1.807) is 18.2 Å². The number of hydrogen-bond acceptors (Lipinski definition) is 3. The van der Waals surface area contributed by atoms with E-state index in [-0.39, 0.29) is 5.97 Å². The summed E-state index contributed by atoms with van der Waals surface area (Å²) in [5.41, 5.74) is 3.28. The van der Waals surface area contributed by atoms with Crippen molar-refractivity contribution in [2.24, 2.45) is 0 Å². The fourth-order valence-corrected chi connectivity index (χ4v) is 2.32. The number of benzene rings is 2. The van der Waals surface area contributed by atoms with Crippen molar-refractivity contribution in [3.05, 3.63) is 63.1 Å². The topological polar surface area (TPSA) is 38.3 Å². The Balaban J connectivity index is 2.19. The third-order valence-corrected chi connectivity index (χ3v) is 4.02. The maximum Gasteiger partial charge on any atom is 0.337 e. The van der Waals surface area contributed by atoms with Crippen molar-refractivity contribution in [1.29, 1.82) is 0 Å². The molecule has 0 aliphatic heterocycles. The van der Waals surface area contributed by atoms with Crippen molar-refractivity contribution in [2.75, 3.05) is 12.4 Å². The van der Waals surface area contributed by atoms with Gasteiger partial charge in [-0.25, -0.2) is 4.79 Å². The van der Waals surface area contributed by atoms with Gasteiger partial charge in [-0.2, -0.15) is 0 Å². The molecule has 0 radical (unpaired) electrons. The smallest absolute Gasteiger partial charge is 0.337 e. The van der Waals surface area contributed by atoms with E-state index in [2.05, 4.69) is 5.32 Å². The summed E-state index contributed by atoms with van der Waals surface area (Å²) in [4.78, 5) is 11.6. The number of carbonyl (C=O) groups is 1. The molecule has 0 aromatic heterocycles. The van der Waals surface area contributed by atoms with Crippen molar-refractivity contribution >= 4 is 34.9 Å². The summed E-state index contributed by atoms with van der Waals surface area (Å²) in [6, 6.07) is 10.9. The molecule has 0 spiro atoms. The number of halogens is 2. The highest BCUT2D eigenvalue weighted by Gasteiger charge is 2.09. The van der Waals surface area contributed by atoms with Gasteiger partial charge in [0, 0.05) is 12.2 Å². The predicted molar refractivity (Wildman–Crippen MR) is 86.3 cm³/mol. The van der Waals surface area contributed by atoms with Crippen LogP contribution in [0.1, 0.15) is 21.5 Å². The lowest BCUT2D eigenvalue weighted by Crippen LogP contribution is -2.05. The van der Waals surface area contributed by atoms with Crippen LogP contribution >= 0.6 is 23.2 Å². The van der Waals surface area contributed by atoms with Crippen molar-refractivity contribution in [3.63, 3.8) is 0 Å². The lowest BCUT2D eigenvalue weighted by Gasteiger charge is -2.12. The number of anilines is 1. The van der Waals surface area contributed by atoms with Crippen LogP contribution in [-0.2, 0) is 11.3 Å². The van der Waals surface area contributed by atoms with E-state index in [0.717, 1.165) is 16.8 Å². The maximum absolute atomic E-state index is 11.6. The van der Waals surface area contributed by atoms with Crippen molar-refractivity contribution in [1.82, 2.24) is 0 Å². The van der Waals surface area contributed by atoms with Gasteiger partial charge in [0.2, 0.25) is 0 Å². The van der Waals surface area contributed by atoms with Crippen molar-refractivity contribution in [2.45, 2.75) is 13.5 Å². The molecule has 2 aromatic rings. The molecular weight excluding hydrogens is 309 g/mol. The average molecular weight is 324 g/mol. The first-order valence-electron chi connectivity index (χ1n) is 6.38. The van der Waals surface area contributed by atoms with Gasteiger partial charge in [-0.15, -0.1) is 0 Å². The molecule has 2 rings (SSSR count). The SMILES string of the molecule is COC(=O)c1ccc(C)c(NCc2cccc(Cl)c2Cl)c1. The number of aryl methyl sites for hydroxylation is 1. The summed E-state index contributed by atoms with van der Waals surface area (Å²) in [5, 5.41) is 4.33. The van der Waals surface area contributed by atoms with Crippen LogP contribution in [0, 0.1) is 6.92 Å². The Labute approximate surface area is 133 Å². The van der Waals surface area contributed by atoms with Crippen LogP contribution < -0.4 is 5.32 Å². The van der Waals surface area contributed by atoms with Crippen LogP contribution in [0.4, 0.5) is 5.69 Å². The number of esters is 1. The molecule has 2 aromatic carbocycles. The fourth-order valence-electron chi connectivity index (χ4n) is 1.93. The number of carbonyl (C=O) groups excluding carboxylic acids is 1. The summed E-state index contributed by atoms with van der Waals surface area (Å²) in [5.74, 6) is -0.362. The summed E-state index contributed by atoms with van der Waals surface area (Å²) in [6.45, 7) is 2.48. The molecule has 0 fully saturated rings. The van der Waals surface area contributed by atoms with Gasteiger partial charge >= 0.3 is 5.97 Å². The van der Waals surface area contributed by atoms with E-state index in [9.17, 15) is 4.79 Å².